The summed E-state index contributed by atoms with van der Waals surface area (Å²) in [5, 5.41) is 0. The lowest BCUT2D eigenvalue weighted by molar-refractivity contribution is 0.311. The van der Waals surface area contributed by atoms with Crippen molar-refractivity contribution in [3.63, 3.8) is 0 Å². The van der Waals surface area contributed by atoms with E-state index in [9.17, 15) is 0 Å². The van der Waals surface area contributed by atoms with Gasteiger partial charge in [0.25, 0.3) is 0 Å². The van der Waals surface area contributed by atoms with Crippen LogP contribution >= 0.6 is 0 Å². The van der Waals surface area contributed by atoms with E-state index in [4.69, 9.17) is 4.74 Å². The van der Waals surface area contributed by atoms with E-state index in [-0.39, 0.29) is 0 Å². The Kier molecular flexibility index (Phi) is 4.09. The van der Waals surface area contributed by atoms with Gasteiger partial charge in [-0.1, -0.05) is 25.5 Å². The van der Waals surface area contributed by atoms with Gasteiger partial charge >= 0.3 is 0 Å². The van der Waals surface area contributed by atoms with Crippen LogP contribution in [-0.4, -0.2) is 7.11 Å². The number of aryl methyl sites for hydroxylation is 1. The van der Waals surface area contributed by atoms with Gasteiger partial charge in [0.05, 0.1) is 7.11 Å². The van der Waals surface area contributed by atoms with Crippen LogP contribution in [0.5, 0.6) is 5.75 Å². The van der Waals surface area contributed by atoms with Gasteiger partial charge in [-0.25, -0.2) is 0 Å². The van der Waals surface area contributed by atoms with Crippen LogP contribution in [0.3, 0.4) is 0 Å². The second-order valence-electron chi connectivity index (χ2n) is 5.37. The molecule has 0 aromatic heterocycles. The van der Waals surface area contributed by atoms with Crippen molar-refractivity contribution in [2.45, 2.75) is 51.9 Å². The minimum absolute atomic E-state index is 0.716. The Bertz CT molecular complexity index is 362. The number of rotatable bonds is 3. The van der Waals surface area contributed by atoms with E-state index in [1.807, 2.05) is 0 Å². The third-order valence-electron chi connectivity index (χ3n) is 4.25. The Morgan fingerprint density at radius 1 is 1.18 bits per heavy atom. The number of benzene rings is 1. The first kappa shape index (κ1) is 12.5. The van der Waals surface area contributed by atoms with Crippen molar-refractivity contribution >= 4 is 0 Å². The smallest absolute Gasteiger partial charge is 0.122 e. The minimum atomic E-state index is 0.716. The average Bonchev–Trinajstić information content (AvgIpc) is 2.39. The highest BCUT2D eigenvalue weighted by Crippen LogP contribution is 2.40. The SMILES string of the molecule is CCC1CCC(c2ccc(C)cc2OC)CC1. The molecule has 94 valence electrons. The molecule has 0 radical (unpaired) electrons. The summed E-state index contributed by atoms with van der Waals surface area (Å²) in [5.41, 5.74) is 2.71. The van der Waals surface area contributed by atoms with Crippen molar-refractivity contribution in [1.29, 1.82) is 0 Å². The molecule has 1 nitrogen and oxygen atoms in total. The fourth-order valence-corrected chi connectivity index (χ4v) is 3.04. The van der Waals surface area contributed by atoms with Gasteiger partial charge < -0.3 is 4.74 Å². The van der Waals surface area contributed by atoms with Gasteiger partial charge in [0.2, 0.25) is 0 Å². The molecule has 0 saturated heterocycles. The number of methoxy groups -OCH3 is 1. The van der Waals surface area contributed by atoms with Crippen molar-refractivity contribution in [3.8, 4) is 5.75 Å². The Morgan fingerprint density at radius 3 is 2.47 bits per heavy atom. The maximum atomic E-state index is 5.53. The molecule has 0 amide bonds. The van der Waals surface area contributed by atoms with E-state index in [2.05, 4.69) is 32.0 Å². The van der Waals surface area contributed by atoms with E-state index in [0.717, 1.165) is 11.7 Å². The lowest BCUT2D eigenvalue weighted by Gasteiger charge is -2.29. The Morgan fingerprint density at radius 2 is 1.88 bits per heavy atom. The standard InChI is InChI=1S/C16H24O/c1-4-13-6-8-14(9-7-13)15-10-5-12(2)11-16(15)17-3/h5,10-11,13-14H,4,6-9H2,1-3H3. The van der Waals surface area contributed by atoms with Gasteiger partial charge in [-0.15, -0.1) is 0 Å². The van der Waals surface area contributed by atoms with Gasteiger partial charge in [0.15, 0.2) is 0 Å². The fourth-order valence-electron chi connectivity index (χ4n) is 3.04. The number of hydrogen-bond acceptors (Lipinski definition) is 1. The normalized spacial score (nSPS) is 24.6. The predicted molar refractivity (Wildman–Crippen MR) is 72.7 cm³/mol. The highest BCUT2D eigenvalue weighted by molar-refractivity contribution is 5.39. The molecule has 0 atom stereocenters. The molecular weight excluding hydrogens is 208 g/mol. The molecule has 1 fully saturated rings. The molecule has 0 bridgehead atoms. The minimum Gasteiger partial charge on any atom is -0.496 e. The van der Waals surface area contributed by atoms with Gasteiger partial charge in [-0.3, -0.25) is 0 Å². The predicted octanol–water partition coefficient (Wildman–Crippen LogP) is 4.69. The van der Waals surface area contributed by atoms with E-state index in [1.165, 1.54) is 43.2 Å². The zero-order chi connectivity index (χ0) is 12.3. The average molecular weight is 232 g/mol. The molecule has 1 aromatic carbocycles. The third-order valence-corrected chi connectivity index (χ3v) is 4.25. The Balaban J connectivity index is 2.12. The monoisotopic (exact) mass is 232 g/mol. The highest BCUT2D eigenvalue weighted by Gasteiger charge is 2.23. The summed E-state index contributed by atoms with van der Waals surface area (Å²) in [6.07, 6.45) is 6.78. The van der Waals surface area contributed by atoms with Gasteiger partial charge in [0.1, 0.15) is 5.75 Å². The van der Waals surface area contributed by atoms with E-state index in [0.29, 0.717) is 5.92 Å². The van der Waals surface area contributed by atoms with Crippen LogP contribution in [0.1, 0.15) is 56.1 Å². The molecule has 0 unspecified atom stereocenters. The van der Waals surface area contributed by atoms with Gasteiger partial charge in [-0.05, 0) is 61.6 Å². The van der Waals surface area contributed by atoms with Crippen LogP contribution < -0.4 is 4.74 Å². The van der Waals surface area contributed by atoms with Gasteiger partial charge in [0, 0.05) is 0 Å². The molecular formula is C16H24O. The summed E-state index contributed by atoms with van der Waals surface area (Å²) in [6, 6.07) is 6.65. The Hall–Kier alpha value is -0.980. The highest BCUT2D eigenvalue weighted by atomic mass is 16.5. The second kappa shape index (κ2) is 5.57. The molecule has 1 saturated carbocycles. The summed E-state index contributed by atoms with van der Waals surface area (Å²) in [4.78, 5) is 0. The quantitative estimate of drug-likeness (QED) is 0.734. The molecule has 1 aliphatic carbocycles. The summed E-state index contributed by atoms with van der Waals surface area (Å²) in [5.74, 6) is 2.76. The molecule has 1 aliphatic rings. The zero-order valence-corrected chi connectivity index (χ0v) is 11.3. The van der Waals surface area contributed by atoms with Crippen LogP contribution in [0.25, 0.3) is 0 Å². The van der Waals surface area contributed by atoms with Crippen LogP contribution in [0, 0.1) is 12.8 Å². The number of ether oxygens (including phenoxy) is 1. The van der Waals surface area contributed by atoms with Crippen molar-refractivity contribution in [1.82, 2.24) is 0 Å². The Labute approximate surface area is 105 Å². The fraction of sp³-hybridized carbons (Fsp3) is 0.625. The second-order valence-corrected chi connectivity index (χ2v) is 5.37. The maximum absolute atomic E-state index is 5.53. The van der Waals surface area contributed by atoms with Crippen LogP contribution in [0.2, 0.25) is 0 Å². The molecule has 0 N–H and O–H groups in total. The van der Waals surface area contributed by atoms with Crippen molar-refractivity contribution < 1.29 is 4.74 Å². The van der Waals surface area contributed by atoms with E-state index in [1.54, 1.807) is 7.11 Å². The zero-order valence-electron chi connectivity index (χ0n) is 11.3. The summed E-state index contributed by atoms with van der Waals surface area (Å²) < 4.78 is 5.53. The molecule has 0 aliphatic heterocycles. The van der Waals surface area contributed by atoms with Crippen LogP contribution in [0.15, 0.2) is 18.2 Å². The first-order valence-corrected chi connectivity index (χ1v) is 6.89. The lowest BCUT2D eigenvalue weighted by atomic mass is 9.77. The summed E-state index contributed by atoms with van der Waals surface area (Å²) >= 11 is 0. The van der Waals surface area contributed by atoms with Crippen molar-refractivity contribution in [2.75, 3.05) is 7.11 Å². The molecule has 17 heavy (non-hydrogen) atoms. The van der Waals surface area contributed by atoms with E-state index < -0.39 is 0 Å². The topological polar surface area (TPSA) is 9.23 Å². The first-order valence-electron chi connectivity index (χ1n) is 6.89. The maximum Gasteiger partial charge on any atom is 0.122 e. The van der Waals surface area contributed by atoms with Gasteiger partial charge in [-0.2, -0.15) is 0 Å². The lowest BCUT2D eigenvalue weighted by Crippen LogP contribution is -2.13. The molecule has 1 aromatic rings. The first-order chi connectivity index (χ1) is 8.24. The third kappa shape index (κ3) is 2.83. The van der Waals surface area contributed by atoms with Crippen molar-refractivity contribution in [3.05, 3.63) is 29.3 Å². The molecule has 0 heterocycles. The van der Waals surface area contributed by atoms with E-state index >= 15 is 0 Å². The number of hydrogen-bond donors (Lipinski definition) is 0. The molecule has 2 rings (SSSR count). The molecule has 0 spiro atoms. The van der Waals surface area contributed by atoms with Crippen LogP contribution in [0.4, 0.5) is 0 Å². The largest absolute Gasteiger partial charge is 0.496 e. The summed E-state index contributed by atoms with van der Waals surface area (Å²) in [7, 11) is 1.79. The summed E-state index contributed by atoms with van der Waals surface area (Å²) in [6.45, 7) is 4.44. The van der Waals surface area contributed by atoms with Crippen LogP contribution in [-0.2, 0) is 0 Å². The molecule has 1 heteroatoms. The van der Waals surface area contributed by atoms with Crippen molar-refractivity contribution in [2.24, 2.45) is 5.92 Å².